The highest BCUT2D eigenvalue weighted by molar-refractivity contribution is 5.75. The van der Waals surface area contributed by atoms with Crippen molar-refractivity contribution in [3.8, 4) is 5.88 Å². The van der Waals surface area contributed by atoms with E-state index in [9.17, 15) is 9.59 Å². The number of rotatable bonds is 7. The molecule has 0 unspecified atom stereocenters. The van der Waals surface area contributed by atoms with E-state index < -0.39 is 0 Å². The highest BCUT2D eigenvalue weighted by atomic mass is 16.5. The number of anilines is 1. The minimum Gasteiger partial charge on any atom is -0.475 e. The van der Waals surface area contributed by atoms with E-state index >= 15 is 0 Å². The first-order chi connectivity index (χ1) is 13.1. The number of carbonyl (C=O) groups is 1. The lowest BCUT2D eigenvalue weighted by Crippen LogP contribution is -2.58. The molecule has 1 aromatic heterocycles. The van der Waals surface area contributed by atoms with Crippen LogP contribution in [0.25, 0.3) is 0 Å². The average molecular weight is 391 g/mol. The van der Waals surface area contributed by atoms with Gasteiger partial charge in [-0.2, -0.15) is 0 Å². The summed E-state index contributed by atoms with van der Waals surface area (Å²) in [6, 6.07) is 1.83. The molecule has 0 radical (unpaired) electrons. The number of hydrogen-bond donors (Lipinski definition) is 2. The normalized spacial score (nSPS) is 27.8. The van der Waals surface area contributed by atoms with Crippen LogP contribution < -0.4 is 20.9 Å². The van der Waals surface area contributed by atoms with Crippen LogP contribution in [0, 0.1) is 23.2 Å². The molecule has 0 spiro atoms. The van der Waals surface area contributed by atoms with Crippen molar-refractivity contribution in [1.82, 2.24) is 15.1 Å². The first kappa shape index (κ1) is 20.7. The van der Waals surface area contributed by atoms with Gasteiger partial charge in [0.1, 0.15) is 12.2 Å². The fourth-order valence-corrected chi connectivity index (χ4v) is 4.98. The molecular weight excluding hydrogens is 356 g/mol. The van der Waals surface area contributed by atoms with Crippen LogP contribution in [0.4, 0.5) is 5.69 Å². The van der Waals surface area contributed by atoms with Crippen molar-refractivity contribution in [2.24, 2.45) is 23.2 Å². The third kappa shape index (κ3) is 3.89. The topological polar surface area (TPSA) is 85.2 Å². The van der Waals surface area contributed by atoms with Crippen LogP contribution in [0.15, 0.2) is 10.9 Å². The summed E-state index contributed by atoms with van der Waals surface area (Å²) in [5.41, 5.74) is 0.730. The second-order valence-electron chi connectivity index (χ2n) is 9.22. The zero-order valence-corrected chi connectivity index (χ0v) is 17.9. The Morgan fingerprint density at radius 1 is 1.39 bits per heavy atom. The Kier molecular flexibility index (Phi) is 5.73. The van der Waals surface area contributed by atoms with Gasteiger partial charge < -0.3 is 15.4 Å². The number of aromatic nitrogens is 2. The van der Waals surface area contributed by atoms with Gasteiger partial charge in [0.2, 0.25) is 5.91 Å². The van der Waals surface area contributed by atoms with Crippen LogP contribution in [-0.4, -0.2) is 34.4 Å². The second kappa shape index (κ2) is 7.76. The van der Waals surface area contributed by atoms with Crippen molar-refractivity contribution >= 4 is 11.6 Å². The Hall–Kier alpha value is -2.05. The lowest BCUT2D eigenvalue weighted by atomic mass is 9.45. The Balaban J connectivity index is 1.79. The van der Waals surface area contributed by atoms with Crippen LogP contribution in [0.5, 0.6) is 5.88 Å². The van der Waals surface area contributed by atoms with E-state index in [-0.39, 0.29) is 24.1 Å². The maximum absolute atomic E-state index is 12.5. The smallest absolute Gasteiger partial charge is 0.269 e. The largest absolute Gasteiger partial charge is 0.475 e. The van der Waals surface area contributed by atoms with Crippen molar-refractivity contribution in [3.05, 3.63) is 16.4 Å². The van der Waals surface area contributed by atoms with Gasteiger partial charge in [0.05, 0.1) is 6.61 Å². The van der Waals surface area contributed by atoms with E-state index in [1.165, 1.54) is 17.2 Å². The molecule has 1 heterocycles. The first-order valence-corrected chi connectivity index (χ1v) is 10.4. The van der Waals surface area contributed by atoms with Gasteiger partial charge in [-0.3, -0.25) is 9.59 Å². The summed E-state index contributed by atoms with van der Waals surface area (Å²) in [4.78, 5) is 24.6. The molecule has 0 saturated heterocycles. The number of fused-ring (bicyclic) bond motifs is 2. The predicted molar refractivity (Wildman–Crippen MR) is 110 cm³/mol. The zero-order chi connectivity index (χ0) is 20.6. The van der Waals surface area contributed by atoms with Crippen molar-refractivity contribution in [3.63, 3.8) is 0 Å². The van der Waals surface area contributed by atoms with Gasteiger partial charge >= 0.3 is 0 Å². The second-order valence-corrected chi connectivity index (χ2v) is 9.22. The summed E-state index contributed by atoms with van der Waals surface area (Å²) < 4.78 is 6.85. The molecule has 1 amide bonds. The number of hydrogen-bond acceptors (Lipinski definition) is 5. The molecule has 3 aliphatic carbocycles. The lowest BCUT2D eigenvalue weighted by Gasteiger charge is -2.62. The van der Waals surface area contributed by atoms with Crippen LogP contribution in [0.1, 0.15) is 54.4 Å². The van der Waals surface area contributed by atoms with E-state index in [0.717, 1.165) is 12.3 Å². The minimum absolute atomic E-state index is 0.0129. The Morgan fingerprint density at radius 2 is 2.11 bits per heavy atom. The lowest BCUT2D eigenvalue weighted by molar-refractivity contribution is -0.122. The Bertz CT molecular complexity index is 786. The van der Waals surface area contributed by atoms with Crippen molar-refractivity contribution < 1.29 is 9.53 Å². The number of nitrogens with one attached hydrogen (secondary N) is 2. The number of carbonyl (C=O) groups excluding carboxylic acids is 1. The molecule has 7 heteroatoms. The van der Waals surface area contributed by atoms with Gasteiger partial charge in [0, 0.05) is 18.2 Å². The number of amides is 1. The molecule has 2 N–H and O–H groups in total. The summed E-state index contributed by atoms with van der Waals surface area (Å²) in [5.74, 6) is 2.08. The quantitative estimate of drug-likeness (QED) is 0.748. The van der Waals surface area contributed by atoms with E-state index in [0.29, 0.717) is 41.5 Å². The van der Waals surface area contributed by atoms with E-state index in [4.69, 9.17) is 4.74 Å². The summed E-state index contributed by atoms with van der Waals surface area (Å²) in [7, 11) is 0. The third-order valence-corrected chi connectivity index (χ3v) is 6.68. The molecule has 28 heavy (non-hydrogen) atoms. The van der Waals surface area contributed by atoms with E-state index in [2.05, 4.69) is 36.5 Å². The van der Waals surface area contributed by atoms with Crippen molar-refractivity contribution in [1.29, 1.82) is 0 Å². The van der Waals surface area contributed by atoms with E-state index in [1.54, 1.807) is 0 Å². The van der Waals surface area contributed by atoms with Crippen LogP contribution >= 0.6 is 0 Å². The molecular formula is C21H34N4O3. The summed E-state index contributed by atoms with van der Waals surface area (Å²) in [6.45, 7) is 13.0. The molecule has 1 aromatic rings. The molecule has 156 valence electrons. The molecule has 7 nitrogen and oxygen atoms in total. The zero-order valence-electron chi connectivity index (χ0n) is 17.9. The van der Waals surface area contributed by atoms with Crippen LogP contribution in [0.3, 0.4) is 0 Å². The summed E-state index contributed by atoms with van der Waals surface area (Å²) in [5, 5.41) is 10.6. The Morgan fingerprint density at radius 3 is 2.68 bits per heavy atom. The number of nitrogens with zero attached hydrogens (tertiary/aromatic N) is 2. The fourth-order valence-electron chi connectivity index (χ4n) is 4.98. The molecule has 3 fully saturated rings. The molecule has 4 atom stereocenters. The number of ether oxygens (including phenoxy) is 1. The maximum atomic E-state index is 12.5. The first-order valence-electron chi connectivity index (χ1n) is 10.4. The highest BCUT2D eigenvalue weighted by Crippen LogP contribution is 2.61. The van der Waals surface area contributed by atoms with Gasteiger partial charge in [-0.25, -0.2) is 4.68 Å². The maximum Gasteiger partial charge on any atom is 0.269 e. The van der Waals surface area contributed by atoms with Gasteiger partial charge in [0.25, 0.3) is 11.4 Å². The average Bonchev–Trinajstić information content (AvgIpc) is 2.59. The van der Waals surface area contributed by atoms with Crippen LogP contribution in [0.2, 0.25) is 0 Å². The standard InChI is InChI=1S/C21H34N4O3/c1-7-28-20-17(10-19(27)25(24-20)11-18(26)22-12(2)3)23-16-9-14-8-15(13(16)4)21(14,5)6/h10,12-16,23H,7-9,11H2,1-6H3,(H,22,26)/t13-,14+,15+,16+/m0/s1. The fraction of sp³-hybridized carbons (Fsp3) is 0.762. The molecule has 3 saturated carbocycles. The highest BCUT2D eigenvalue weighted by Gasteiger charge is 2.56. The van der Waals surface area contributed by atoms with E-state index in [1.807, 2.05) is 20.8 Å². The Labute approximate surface area is 167 Å². The molecule has 3 aliphatic rings. The molecule has 0 aromatic carbocycles. The van der Waals surface area contributed by atoms with Gasteiger partial charge in [-0.1, -0.05) is 20.8 Å². The monoisotopic (exact) mass is 390 g/mol. The molecule has 0 aliphatic heterocycles. The van der Waals surface area contributed by atoms with Gasteiger partial charge in [-0.05, 0) is 56.8 Å². The van der Waals surface area contributed by atoms with Gasteiger partial charge in [0.15, 0.2) is 0 Å². The van der Waals surface area contributed by atoms with Gasteiger partial charge in [-0.15, -0.1) is 5.10 Å². The molecule has 4 rings (SSSR count). The van der Waals surface area contributed by atoms with Crippen LogP contribution in [-0.2, 0) is 11.3 Å². The molecule has 2 bridgehead atoms. The third-order valence-electron chi connectivity index (χ3n) is 6.68. The minimum atomic E-state index is -0.307. The van der Waals surface area contributed by atoms with Crippen molar-refractivity contribution in [2.45, 2.75) is 73.0 Å². The SMILES string of the molecule is CCOc1nn(CC(=O)NC(C)C)c(=O)cc1N[C@@H]1C[C@H]2C[C@H]([C@@H]1C)C2(C)C. The summed E-state index contributed by atoms with van der Waals surface area (Å²) >= 11 is 0. The summed E-state index contributed by atoms with van der Waals surface area (Å²) in [6.07, 6.45) is 2.39. The predicted octanol–water partition coefficient (Wildman–Crippen LogP) is 2.65. The van der Waals surface area contributed by atoms with Crippen molar-refractivity contribution in [2.75, 3.05) is 11.9 Å².